The summed E-state index contributed by atoms with van der Waals surface area (Å²) in [6.45, 7) is 7.43. The van der Waals surface area contributed by atoms with E-state index in [0.717, 1.165) is 5.56 Å². The lowest BCUT2D eigenvalue weighted by Crippen LogP contribution is -2.21. The molecule has 0 aromatic heterocycles. The monoisotopic (exact) mass is 292 g/mol. The van der Waals surface area contributed by atoms with Crippen LogP contribution in [0.1, 0.15) is 67.9 Å². The van der Waals surface area contributed by atoms with Gasteiger partial charge in [-0.05, 0) is 30.9 Å². The second kappa shape index (κ2) is 6.85. The van der Waals surface area contributed by atoms with Crippen LogP contribution in [0.3, 0.4) is 0 Å². The molecule has 0 saturated carbocycles. The molecule has 0 heterocycles. The molecule has 1 aromatic rings. The number of Topliss-reactive ketones (excluding diaryl/α,β-unsaturated/α-hetero) is 1. The first-order valence-electron chi connectivity index (χ1n) is 7.13. The molecule has 0 saturated heterocycles. The molecule has 1 N–H and O–H groups in total. The van der Waals surface area contributed by atoms with Crippen LogP contribution in [0.5, 0.6) is 0 Å². The zero-order valence-corrected chi connectivity index (χ0v) is 13.4. The molecule has 0 unspecified atom stereocenters. The molecular formula is C17H24O4. The van der Waals surface area contributed by atoms with Crippen molar-refractivity contribution in [1.29, 1.82) is 0 Å². The highest BCUT2D eigenvalue weighted by atomic mass is 16.5. The van der Waals surface area contributed by atoms with Gasteiger partial charge in [0.25, 0.3) is 0 Å². The standard InChI is InChI=1S/C17H24O4/c1-11(2)12-6-7-13(14(10-12)17(3,4)20)15(18)8-9-16(19)21-5/h6-7,10-11,20H,8-9H2,1-5H3. The molecule has 116 valence electrons. The Morgan fingerprint density at radius 3 is 2.33 bits per heavy atom. The van der Waals surface area contributed by atoms with Crippen LogP contribution in [0, 0.1) is 0 Å². The first kappa shape index (κ1) is 17.4. The van der Waals surface area contributed by atoms with Crippen LogP contribution in [0.4, 0.5) is 0 Å². The average molecular weight is 292 g/mol. The Hall–Kier alpha value is -1.68. The number of hydrogen-bond acceptors (Lipinski definition) is 4. The number of esters is 1. The van der Waals surface area contributed by atoms with Crippen molar-refractivity contribution in [2.75, 3.05) is 7.11 Å². The van der Waals surface area contributed by atoms with Gasteiger partial charge in [0.05, 0.1) is 19.1 Å². The predicted molar refractivity (Wildman–Crippen MR) is 81.4 cm³/mol. The summed E-state index contributed by atoms with van der Waals surface area (Å²) in [6.07, 6.45) is 0.128. The highest BCUT2D eigenvalue weighted by Crippen LogP contribution is 2.28. The number of methoxy groups -OCH3 is 1. The third-order valence-electron chi connectivity index (χ3n) is 3.45. The smallest absolute Gasteiger partial charge is 0.305 e. The molecule has 0 aliphatic carbocycles. The van der Waals surface area contributed by atoms with Crippen molar-refractivity contribution >= 4 is 11.8 Å². The number of carbonyl (C=O) groups excluding carboxylic acids is 2. The molecule has 0 aliphatic heterocycles. The lowest BCUT2D eigenvalue weighted by Gasteiger charge is -2.23. The highest BCUT2D eigenvalue weighted by Gasteiger charge is 2.24. The van der Waals surface area contributed by atoms with E-state index in [1.807, 2.05) is 12.1 Å². The maximum absolute atomic E-state index is 12.3. The first-order valence-corrected chi connectivity index (χ1v) is 7.13. The van der Waals surface area contributed by atoms with E-state index in [-0.39, 0.29) is 18.6 Å². The minimum atomic E-state index is -1.11. The fraction of sp³-hybridized carbons (Fsp3) is 0.529. The summed E-state index contributed by atoms with van der Waals surface area (Å²) < 4.78 is 4.54. The van der Waals surface area contributed by atoms with Gasteiger partial charge in [-0.15, -0.1) is 0 Å². The molecule has 0 aliphatic rings. The van der Waals surface area contributed by atoms with E-state index in [9.17, 15) is 14.7 Å². The fourth-order valence-electron chi connectivity index (χ4n) is 2.12. The van der Waals surface area contributed by atoms with Crippen molar-refractivity contribution in [3.63, 3.8) is 0 Å². The van der Waals surface area contributed by atoms with Gasteiger partial charge in [0, 0.05) is 12.0 Å². The summed E-state index contributed by atoms with van der Waals surface area (Å²) in [4.78, 5) is 23.4. The van der Waals surface area contributed by atoms with E-state index in [1.165, 1.54) is 7.11 Å². The van der Waals surface area contributed by atoms with Crippen molar-refractivity contribution in [3.05, 3.63) is 34.9 Å². The van der Waals surface area contributed by atoms with Crippen molar-refractivity contribution in [3.8, 4) is 0 Å². The number of hydrogen-bond donors (Lipinski definition) is 1. The molecule has 0 fully saturated rings. The quantitative estimate of drug-likeness (QED) is 0.646. The van der Waals surface area contributed by atoms with Gasteiger partial charge in [-0.25, -0.2) is 0 Å². The van der Waals surface area contributed by atoms with Gasteiger partial charge >= 0.3 is 5.97 Å². The number of aliphatic hydroxyl groups is 1. The maximum Gasteiger partial charge on any atom is 0.305 e. The van der Waals surface area contributed by atoms with E-state index in [4.69, 9.17) is 0 Å². The Balaban J connectivity index is 3.11. The van der Waals surface area contributed by atoms with Crippen LogP contribution in [-0.2, 0) is 15.1 Å². The molecule has 1 rings (SSSR count). The van der Waals surface area contributed by atoms with Crippen LogP contribution in [0.2, 0.25) is 0 Å². The number of ketones is 1. The van der Waals surface area contributed by atoms with Gasteiger partial charge < -0.3 is 9.84 Å². The molecule has 4 heteroatoms. The number of ether oxygens (including phenoxy) is 1. The summed E-state index contributed by atoms with van der Waals surface area (Å²) in [5.74, 6) is -0.259. The Labute approximate surface area is 126 Å². The molecule has 0 bridgehead atoms. The van der Waals surface area contributed by atoms with Crippen molar-refractivity contribution in [1.82, 2.24) is 0 Å². The van der Waals surface area contributed by atoms with Gasteiger partial charge in [-0.3, -0.25) is 9.59 Å². The highest BCUT2D eigenvalue weighted by molar-refractivity contribution is 5.99. The van der Waals surface area contributed by atoms with E-state index < -0.39 is 11.6 Å². The topological polar surface area (TPSA) is 63.6 Å². The largest absolute Gasteiger partial charge is 0.469 e. The van der Waals surface area contributed by atoms with E-state index in [2.05, 4.69) is 18.6 Å². The lowest BCUT2D eigenvalue weighted by atomic mass is 9.86. The Morgan fingerprint density at radius 1 is 1.24 bits per heavy atom. The number of rotatable bonds is 6. The minimum absolute atomic E-state index is 0.0482. The zero-order chi connectivity index (χ0) is 16.2. The molecule has 21 heavy (non-hydrogen) atoms. The Morgan fingerprint density at radius 2 is 1.86 bits per heavy atom. The zero-order valence-electron chi connectivity index (χ0n) is 13.4. The van der Waals surface area contributed by atoms with Crippen LogP contribution >= 0.6 is 0 Å². The van der Waals surface area contributed by atoms with Gasteiger partial charge in [0.2, 0.25) is 0 Å². The minimum Gasteiger partial charge on any atom is -0.469 e. The third kappa shape index (κ3) is 4.67. The number of carbonyl (C=O) groups is 2. The van der Waals surface area contributed by atoms with E-state index in [1.54, 1.807) is 19.9 Å². The second-order valence-electron chi connectivity index (χ2n) is 6.02. The first-order chi connectivity index (χ1) is 9.66. The van der Waals surface area contributed by atoms with Crippen molar-refractivity contribution in [2.24, 2.45) is 0 Å². The van der Waals surface area contributed by atoms with Gasteiger partial charge in [0.15, 0.2) is 5.78 Å². The molecule has 0 spiro atoms. The van der Waals surface area contributed by atoms with Crippen molar-refractivity contribution < 1.29 is 19.4 Å². The van der Waals surface area contributed by atoms with Crippen LogP contribution < -0.4 is 0 Å². The maximum atomic E-state index is 12.3. The molecule has 1 aromatic carbocycles. The fourth-order valence-corrected chi connectivity index (χ4v) is 2.12. The predicted octanol–water partition coefficient (Wildman–Crippen LogP) is 3.17. The third-order valence-corrected chi connectivity index (χ3v) is 3.45. The Bertz CT molecular complexity index is 524. The Kier molecular flexibility index (Phi) is 5.67. The normalized spacial score (nSPS) is 11.6. The van der Waals surface area contributed by atoms with Crippen LogP contribution in [0.15, 0.2) is 18.2 Å². The molecule has 4 nitrogen and oxygen atoms in total. The molecule has 0 atom stereocenters. The van der Waals surface area contributed by atoms with Crippen molar-refractivity contribution in [2.45, 2.75) is 52.1 Å². The summed E-state index contributed by atoms with van der Waals surface area (Å²) in [6, 6.07) is 5.50. The van der Waals surface area contributed by atoms with E-state index >= 15 is 0 Å². The summed E-state index contributed by atoms with van der Waals surface area (Å²) >= 11 is 0. The molecular weight excluding hydrogens is 268 g/mol. The van der Waals surface area contributed by atoms with Gasteiger partial charge in [-0.1, -0.05) is 32.0 Å². The van der Waals surface area contributed by atoms with Crippen LogP contribution in [0.25, 0.3) is 0 Å². The van der Waals surface area contributed by atoms with E-state index in [0.29, 0.717) is 17.0 Å². The summed E-state index contributed by atoms with van der Waals surface area (Å²) in [5.41, 5.74) is 1.03. The molecule has 0 amide bonds. The summed E-state index contributed by atoms with van der Waals surface area (Å²) in [5, 5.41) is 10.3. The van der Waals surface area contributed by atoms with Crippen LogP contribution in [-0.4, -0.2) is 24.0 Å². The average Bonchev–Trinajstić information content (AvgIpc) is 2.42. The van der Waals surface area contributed by atoms with Gasteiger partial charge in [-0.2, -0.15) is 0 Å². The van der Waals surface area contributed by atoms with Gasteiger partial charge in [0.1, 0.15) is 0 Å². The SMILES string of the molecule is COC(=O)CCC(=O)c1ccc(C(C)C)cc1C(C)(C)O. The summed E-state index contributed by atoms with van der Waals surface area (Å²) in [7, 11) is 1.30. The lowest BCUT2D eigenvalue weighted by molar-refractivity contribution is -0.140. The number of benzene rings is 1. The molecule has 0 radical (unpaired) electrons. The second-order valence-corrected chi connectivity index (χ2v) is 6.02.